The van der Waals surface area contributed by atoms with Gasteiger partial charge in [0.2, 0.25) is 0 Å². The van der Waals surface area contributed by atoms with Gasteiger partial charge in [-0.1, -0.05) is 19.9 Å². The van der Waals surface area contributed by atoms with Crippen molar-refractivity contribution in [2.75, 3.05) is 7.11 Å². The molecule has 0 spiro atoms. The summed E-state index contributed by atoms with van der Waals surface area (Å²) in [7, 11) is 1.64. The maximum absolute atomic E-state index is 12.5. The Morgan fingerprint density at radius 3 is 2.14 bits per heavy atom. The van der Waals surface area contributed by atoms with Crippen LogP contribution >= 0.6 is 0 Å². The highest BCUT2D eigenvalue weighted by Gasteiger charge is 2.53. The van der Waals surface area contributed by atoms with Crippen LogP contribution in [0.1, 0.15) is 58.3 Å². The van der Waals surface area contributed by atoms with Crippen molar-refractivity contribution < 1.29 is 14.3 Å². The maximum atomic E-state index is 12.5. The lowest BCUT2D eigenvalue weighted by Crippen LogP contribution is -2.53. The SMILES string of the molecule is C=C(C(=O)OC12CC3CC(CC(C3)C1)C2)C(CCC)OC. The Labute approximate surface area is 128 Å². The second-order valence-corrected chi connectivity index (χ2v) is 7.53. The quantitative estimate of drug-likeness (QED) is 0.550. The Balaban J connectivity index is 1.66. The fraction of sp³-hybridized carbons (Fsp3) is 0.833. The van der Waals surface area contributed by atoms with Gasteiger partial charge in [0.1, 0.15) is 5.60 Å². The fourth-order valence-corrected chi connectivity index (χ4v) is 5.25. The largest absolute Gasteiger partial charge is 0.456 e. The second kappa shape index (κ2) is 5.75. The molecule has 0 aromatic carbocycles. The Kier molecular flexibility index (Phi) is 4.13. The summed E-state index contributed by atoms with van der Waals surface area (Å²) in [6.07, 6.45) is 8.89. The number of hydrogen-bond acceptors (Lipinski definition) is 3. The maximum Gasteiger partial charge on any atom is 0.336 e. The van der Waals surface area contributed by atoms with Gasteiger partial charge < -0.3 is 9.47 Å². The molecule has 3 nitrogen and oxygen atoms in total. The fourth-order valence-electron chi connectivity index (χ4n) is 5.25. The van der Waals surface area contributed by atoms with Crippen LogP contribution in [0.4, 0.5) is 0 Å². The van der Waals surface area contributed by atoms with Gasteiger partial charge in [0.05, 0.1) is 11.7 Å². The normalized spacial score (nSPS) is 38.3. The second-order valence-electron chi connectivity index (χ2n) is 7.53. The third-order valence-corrected chi connectivity index (χ3v) is 5.78. The first kappa shape index (κ1) is 15.1. The molecular formula is C18H28O3. The monoisotopic (exact) mass is 292 g/mol. The summed E-state index contributed by atoms with van der Waals surface area (Å²) < 4.78 is 11.4. The van der Waals surface area contributed by atoms with Crippen LogP contribution in [-0.2, 0) is 14.3 Å². The van der Waals surface area contributed by atoms with E-state index in [0.717, 1.165) is 49.9 Å². The number of methoxy groups -OCH3 is 1. The van der Waals surface area contributed by atoms with Gasteiger partial charge in [0, 0.05) is 7.11 Å². The lowest BCUT2D eigenvalue weighted by Gasteiger charge is -2.55. The Bertz CT molecular complexity index is 391. The number of ether oxygens (including phenoxy) is 2. The summed E-state index contributed by atoms with van der Waals surface area (Å²) in [6, 6.07) is 0. The van der Waals surface area contributed by atoms with Crippen molar-refractivity contribution in [3.05, 3.63) is 12.2 Å². The molecule has 0 aromatic heterocycles. The number of esters is 1. The summed E-state index contributed by atoms with van der Waals surface area (Å²) in [5, 5.41) is 0. The van der Waals surface area contributed by atoms with Crippen LogP contribution in [0.3, 0.4) is 0 Å². The lowest BCUT2D eigenvalue weighted by atomic mass is 9.54. The molecule has 0 aliphatic heterocycles. The molecule has 4 aliphatic carbocycles. The van der Waals surface area contributed by atoms with E-state index in [1.165, 1.54) is 19.3 Å². The van der Waals surface area contributed by atoms with Crippen molar-refractivity contribution in [2.24, 2.45) is 17.8 Å². The number of rotatable bonds is 6. The van der Waals surface area contributed by atoms with E-state index in [1.54, 1.807) is 7.11 Å². The molecule has 0 heterocycles. The molecule has 0 radical (unpaired) electrons. The molecule has 0 saturated heterocycles. The van der Waals surface area contributed by atoms with Crippen molar-refractivity contribution in [3.8, 4) is 0 Å². The Hall–Kier alpha value is -0.830. The van der Waals surface area contributed by atoms with Crippen LogP contribution in [0.2, 0.25) is 0 Å². The van der Waals surface area contributed by atoms with E-state index in [4.69, 9.17) is 9.47 Å². The van der Waals surface area contributed by atoms with E-state index in [-0.39, 0.29) is 17.7 Å². The highest BCUT2D eigenvalue weighted by Crippen LogP contribution is 2.57. The molecule has 0 N–H and O–H groups in total. The molecule has 3 heteroatoms. The number of hydrogen-bond donors (Lipinski definition) is 0. The van der Waals surface area contributed by atoms with Gasteiger partial charge in [-0.2, -0.15) is 0 Å². The predicted octanol–water partition coefficient (Wildman–Crippen LogP) is 3.87. The molecule has 4 bridgehead atoms. The van der Waals surface area contributed by atoms with E-state index >= 15 is 0 Å². The molecule has 0 amide bonds. The average molecular weight is 292 g/mol. The molecule has 4 aliphatic rings. The van der Waals surface area contributed by atoms with E-state index in [0.29, 0.717) is 5.57 Å². The van der Waals surface area contributed by atoms with Crippen molar-refractivity contribution >= 4 is 5.97 Å². The van der Waals surface area contributed by atoms with Crippen LogP contribution in [0, 0.1) is 17.8 Å². The molecule has 118 valence electrons. The summed E-state index contributed by atoms with van der Waals surface area (Å²) >= 11 is 0. The van der Waals surface area contributed by atoms with E-state index in [2.05, 4.69) is 13.5 Å². The summed E-state index contributed by atoms with van der Waals surface area (Å²) in [5.41, 5.74) is 0.314. The van der Waals surface area contributed by atoms with Gasteiger partial charge in [-0.3, -0.25) is 0 Å². The topological polar surface area (TPSA) is 35.5 Å². The third kappa shape index (κ3) is 2.90. The summed E-state index contributed by atoms with van der Waals surface area (Å²) in [5.74, 6) is 2.13. The van der Waals surface area contributed by atoms with Crippen molar-refractivity contribution in [2.45, 2.75) is 70.0 Å². The molecule has 1 atom stereocenters. The lowest BCUT2D eigenvalue weighted by molar-refractivity contribution is -0.183. The predicted molar refractivity (Wildman–Crippen MR) is 81.8 cm³/mol. The zero-order chi connectivity index (χ0) is 15.0. The van der Waals surface area contributed by atoms with Crippen LogP contribution in [-0.4, -0.2) is 24.8 Å². The molecular weight excluding hydrogens is 264 g/mol. The van der Waals surface area contributed by atoms with Gasteiger partial charge in [-0.15, -0.1) is 0 Å². The van der Waals surface area contributed by atoms with Crippen molar-refractivity contribution in [3.63, 3.8) is 0 Å². The summed E-state index contributed by atoms with van der Waals surface area (Å²) in [4.78, 5) is 12.5. The van der Waals surface area contributed by atoms with Gasteiger partial charge >= 0.3 is 5.97 Å². The minimum atomic E-state index is -0.225. The third-order valence-electron chi connectivity index (χ3n) is 5.78. The van der Waals surface area contributed by atoms with Crippen molar-refractivity contribution in [1.82, 2.24) is 0 Å². The Morgan fingerprint density at radius 2 is 1.71 bits per heavy atom. The first-order chi connectivity index (χ1) is 10.0. The minimum absolute atomic E-state index is 0.181. The molecule has 21 heavy (non-hydrogen) atoms. The standard InChI is InChI=1S/C18H28O3/c1-4-5-16(20-3)12(2)17(19)21-18-9-13-6-14(10-18)8-15(7-13)11-18/h13-16H,2,4-11H2,1,3H3. The first-order valence-electron chi connectivity index (χ1n) is 8.50. The number of carbonyl (C=O) groups is 1. The molecule has 1 unspecified atom stereocenters. The van der Waals surface area contributed by atoms with Crippen LogP contribution in [0.5, 0.6) is 0 Å². The Morgan fingerprint density at radius 1 is 1.19 bits per heavy atom. The average Bonchev–Trinajstić information content (AvgIpc) is 2.42. The molecule has 0 aromatic rings. The van der Waals surface area contributed by atoms with E-state index in [1.807, 2.05) is 0 Å². The van der Waals surface area contributed by atoms with Crippen LogP contribution in [0.15, 0.2) is 12.2 Å². The van der Waals surface area contributed by atoms with Gasteiger partial charge in [0.15, 0.2) is 0 Å². The highest BCUT2D eigenvalue weighted by atomic mass is 16.6. The zero-order valence-corrected chi connectivity index (χ0v) is 13.4. The minimum Gasteiger partial charge on any atom is -0.456 e. The number of carbonyl (C=O) groups excluding carboxylic acids is 1. The molecule has 4 saturated carbocycles. The van der Waals surface area contributed by atoms with Crippen molar-refractivity contribution in [1.29, 1.82) is 0 Å². The zero-order valence-electron chi connectivity index (χ0n) is 13.4. The van der Waals surface area contributed by atoms with Crippen LogP contribution in [0.25, 0.3) is 0 Å². The molecule has 4 rings (SSSR count). The van der Waals surface area contributed by atoms with Gasteiger partial charge in [-0.25, -0.2) is 4.79 Å². The summed E-state index contributed by atoms with van der Waals surface area (Å²) in [6.45, 7) is 6.03. The van der Waals surface area contributed by atoms with Crippen LogP contribution < -0.4 is 0 Å². The highest BCUT2D eigenvalue weighted by molar-refractivity contribution is 5.89. The smallest absolute Gasteiger partial charge is 0.336 e. The van der Waals surface area contributed by atoms with E-state index < -0.39 is 0 Å². The first-order valence-corrected chi connectivity index (χ1v) is 8.50. The van der Waals surface area contributed by atoms with Gasteiger partial charge in [-0.05, 0) is 62.7 Å². The molecule has 4 fully saturated rings. The van der Waals surface area contributed by atoms with E-state index in [9.17, 15) is 4.79 Å². The van der Waals surface area contributed by atoms with Gasteiger partial charge in [0.25, 0.3) is 0 Å².